The second-order valence-electron chi connectivity index (χ2n) is 4.70. The van der Waals surface area contributed by atoms with Gasteiger partial charge in [-0.25, -0.2) is 4.98 Å². The number of carbonyl (C=O) groups is 1. The van der Waals surface area contributed by atoms with E-state index in [0.29, 0.717) is 5.13 Å². The van der Waals surface area contributed by atoms with Gasteiger partial charge < -0.3 is 5.32 Å². The maximum absolute atomic E-state index is 12.3. The third-order valence-corrected chi connectivity index (χ3v) is 4.07. The minimum Gasteiger partial charge on any atom is -0.301 e. The minimum atomic E-state index is -0.238. The third kappa shape index (κ3) is 2.68. The van der Waals surface area contributed by atoms with Gasteiger partial charge in [-0.05, 0) is 27.7 Å². The number of thiazole rings is 1. The normalized spacial score (nSPS) is 12.5. The number of nitrogens with zero attached hydrogens (tertiary/aromatic N) is 3. The Balaban J connectivity index is 2.19. The molecule has 0 bridgehead atoms. The molecule has 1 atom stereocenters. The molecule has 1 unspecified atom stereocenters. The summed E-state index contributed by atoms with van der Waals surface area (Å²) in [4.78, 5) is 17.5. The van der Waals surface area contributed by atoms with Crippen LogP contribution in [0.3, 0.4) is 0 Å². The molecule has 2 aromatic rings. The Morgan fingerprint density at radius 2 is 2.11 bits per heavy atom. The molecule has 5 nitrogen and oxygen atoms in total. The molecule has 0 radical (unpaired) electrons. The van der Waals surface area contributed by atoms with Gasteiger partial charge in [0, 0.05) is 29.4 Å². The van der Waals surface area contributed by atoms with Crippen LogP contribution in [0.4, 0.5) is 5.13 Å². The van der Waals surface area contributed by atoms with Gasteiger partial charge in [-0.3, -0.25) is 9.48 Å². The zero-order valence-corrected chi connectivity index (χ0v) is 12.6. The van der Waals surface area contributed by atoms with Crippen LogP contribution in [0.2, 0.25) is 0 Å². The molecule has 1 amide bonds. The monoisotopic (exact) mass is 278 g/mol. The van der Waals surface area contributed by atoms with Gasteiger partial charge in [0.2, 0.25) is 5.91 Å². The van der Waals surface area contributed by atoms with Crippen molar-refractivity contribution in [2.75, 3.05) is 5.32 Å². The number of aromatic nitrogens is 3. The number of hydrogen-bond donors (Lipinski definition) is 1. The van der Waals surface area contributed by atoms with Crippen LogP contribution in [0, 0.1) is 20.8 Å². The van der Waals surface area contributed by atoms with Crippen LogP contribution in [-0.4, -0.2) is 20.7 Å². The SMILES string of the molecule is Cc1cnc(NC(=O)C(C)c2c(C)nn(C)c2C)s1. The molecule has 0 aliphatic heterocycles. The Labute approximate surface area is 116 Å². The number of nitrogens with one attached hydrogen (secondary N) is 1. The van der Waals surface area contributed by atoms with E-state index < -0.39 is 0 Å². The van der Waals surface area contributed by atoms with Crippen molar-refractivity contribution in [1.29, 1.82) is 0 Å². The lowest BCUT2D eigenvalue weighted by Crippen LogP contribution is -2.19. The highest BCUT2D eigenvalue weighted by Crippen LogP contribution is 2.25. The van der Waals surface area contributed by atoms with Crippen molar-refractivity contribution in [1.82, 2.24) is 14.8 Å². The van der Waals surface area contributed by atoms with E-state index in [1.807, 2.05) is 39.4 Å². The first kappa shape index (κ1) is 13.7. The standard InChI is InChI=1S/C13H18N4OS/c1-7-6-14-13(19-7)15-12(18)8(2)11-9(3)16-17(5)10(11)4/h6,8H,1-5H3,(H,14,15,18). The van der Waals surface area contributed by atoms with E-state index in [0.717, 1.165) is 21.8 Å². The second-order valence-corrected chi connectivity index (χ2v) is 5.93. The summed E-state index contributed by atoms with van der Waals surface area (Å²) >= 11 is 1.48. The lowest BCUT2D eigenvalue weighted by molar-refractivity contribution is -0.117. The second kappa shape index (κ2) is 5.13. The fourth-order valence-corrected chi connectivity index (χ4v) is 2.84. The molecule has 102 valence electrons. The number of hydrogen-bond acceptors (Lipinski definition) is 4. The van der Waals surface area contributed by atoms with Crippen molar-refractivity contribution < 1.29 is 4.79 Å². The van der Waals surface area contributed by atoms with Crippen molar-refractivity contribution in [3.05, 3.63) is 28.0 Å². The molecule has 0 aliphatic rings. The van der Waals surface area contributed by atoms with Gasteiger partial charge in [-0.1, -0.05) is 0 Å². The number of aryl methyl sites for hydroxylation is 3. The van der Waals surface area contributed by atoms with Crippen molar-refractivity contribution in [2.24, 2.45) is 7.05 Å². The predicted molar refractivity (Wildman–Crippen MR) is 76.6 cm³/mol. The van der Waals surface area contributed by atoms with Crippen molar-refractivity contribution >= 4 is 22.4 Å². The first-order valence-corrected chi connectivity index (χ1v) is 6.95. The molecular formula is C13H18N4OS. The third-order valence-electron chi connectivity index (χ3n) is 3.24. The Kier molecular flexibility index (Phi) is 3.71. The summed E-state index contributed by atoms with van der Waals surface area (Å²) in [7, 11) is 1.89. The van der Waals surface area contributed by atoms with Gasteiger partial charge in [0.25, 0.3) is 0 Å². The van der Waals surface area contributed by atoms with Crippen LogP contribution >= 0.6 is 11.3 Å². The fourth-order valence-electron chi connectivity index (χ4n) is 2.17. The highest BCUT2D eigenvalue weighted by molar-refractivity contribution is 7.15. The largest absolute Gasteiger partial charge is 0.301 e. The number of carbonyl (C=O) groups excluding carboxylic acids is 1. The van der Waals surface area contributed by atoms with E-state index in [-0.39, 0.29) is 11.8 Å². The van der Waals surface area contributed by atoms with Crippen LogP contribution in [-0.2, 0) is 11.8 Å². The van der Waals surface area contributed by atoms with Crippen LogP contribution in [0.15, 0.2) is 6.20 Å². The van der Waals surface area contributed by atoms with Gasteiger partial charge in [0.1, 0.15) is 0 Å². The maximum Gasteiger partial charge on any atom is 0.233 e. The van der Waals surface area contributed by atoms with Gasteiger partial charge in [0.05, 0.1) is 11.6 Å². The van der Waals surface area contributed by atoms with Crippen molar-refractivity contribution in [3.8, 4) is 0 Å². The molecule has 0 aliphatic carbocycles. The van der Waals surface area contributed by atoms with E-state index in [9.17, 15) is 4.79 Å². The van der Waals surface area contributed by atoms with E-state index in [1.54, 1.807) is 6.20 Å². The summed E-state index contributed by atoms with van der Waals surface area (Å²) in [5, 5.41) is 7.85. The molecule has 0 spiro atoms. The highest BCUT2D eigenvalue weighted by Gasteiger charge is 2.23. The average molecular weight is 278 g/mol. The van der Waals surface area contributed by atoms with E-state index in [4.69, 9.17) is 0 Å². The topological polar surface area (TPSA) is 59.8 Å². The average Bonchev–Trinajstić information content (AvgIpc) is 2.84. The fraction of sp³-hybridized carbons (Fsp3) is 0.462. The molecule has 0 aromatic carbocycles. The molecule has 2 aromatic heterocycles. The summed E-state index contributed by atoms with van der Waals surface area (Å²) in [6.45, 7) is 7.77. The minimum absolute atomic E-state index is 0.0476. The molecule has 1 N–H and O–H groups in total. The van der Waals surface area contributed by atoms with Gasteiger partial charge >= 0.3 is 0 Å². The van der Waals surface area contributed by atoms with Crippen molar-refractivity contribution in [3.63, 3.8) is 0 Å². The molecule has 0 saturated heterocycles. The number of rotatable bonds is 3. The van der Waals surface area contributed by atoms with Crippen LogP contribution in [0.1, 0.15) is 34.7 Å². The molecule has 6 heteroatoms. The molecule has 0 fully saturated rings. The quantitative estimate of drug-likeness (QED) is 0.938. The van der Waals surface area contributed by atoms with E-state index in [1.165, 1.54) is 11.3 Å². The smallest absolute Gasteiger partial charge is 0.233 e. The molecule has 2 rings (SSSR count). The first-order chi connectivity index (χ1) is 8.90. The Bertz CT molecular complexity index is 614. The van der Waals surface area contributed by atoms with Gasteiger partial charge in [0.15, 0.2) is 5.13 Å². The first-order valence-electron chi connectivity index (χ1n) is 6.13. The molecule has 0 saturated carbocycles. The maximum atomic E-state index is 12.3. The molecule has 2 heterocycles. The summed E-state index contributed by atoms with van der Waals surface area (Å²) in [6, 6.07) is 0. The Morgan fingerprint density at radius 1 is 1.42 bits per heavy atom. The van der Waals surface area contributed by atoms with Gasteiger partial charge in [-0.2, -0.15) is 5.10 Å². The van der Waals surface area contributed by atoms with Crippen LogP contribution in [0.5, 0.6) is 0 Å². The Hall–Kier alpha value is -1.69. The van der Waals surface area contributed by atoms with E-state index in [2.05, 4.69) is 15.4 Å². The zero-order chi connectivity index (χ0) is 14.2. The summed E-state index contributed by atoms with van der Waals surface area (Å²) in [5.74, 6) is -0.286. The lowest BCUT2D eigenvalue weighted by atomic mass is 9.98. The predicted octanol–water partition coefficient (Wildman–Crippen LogP) is 2.54. The molecule has 19 heavy (non-hydrogen) atoms. The number of anilines is 1. The number of amides is 1. The summed E-state index contributed by atoms with van der Waals surface area (Å²) < 4.78 is 1.81. The summed E-state index contributed by atoms with van der Waals surface area (Å²) in [6.07, 6.45) is 1.76. The molecular weight excluding hydrogens is 260 g/mol. The van der Waals surface area contributed by atoms with Crippen LogP contribution < -0.4 is 5.32 Å². The zero-order valence-electron chi connectivity index (χ0n) is 11.8. The van der Waals surface area contributed by atoms with Crippen LogP contribution in [0.25, 0.3) is 0 Å². The Morgan fingerprint density at radius 3 is 2.58 bits per heavy atom. The highest BCUT2D eigenvalue weighted by atomic mass is 32.1. The van der Waals surface area contributed by atoms with Crippen molar-refractivity contribution in [2.45, 2.75) is 33.6 Å². The van der Waals surface area contributed by atoms with Gasteiger partial charge in [-0.15, -0.1) is 11.3 Å². The van der Waals surface area contributed by atoms with E-state index >= 15 is 0 Å². The summed E-state index contributed by atoms with van der Waals surface area (Å²) in [5.41, 5.74) is 2.92. The lowest BCUT2D eigenvalue weighted by Gasteiger charge is -2.11.